The fourth-order valence-corrected chi connectivity index (χ4v) is 2.66. The van der Waals surface area contributed by atoms with Crippen molar-refractivity contribution in [3.8, 4) is 0 Å². The number of nitrogens with one attached hydrogen (secondary N) is 1. The first-order valence-electron chi connectivity index (χ1n) is 7.14. The number of rotatable bonds is 7. The van der Waals surface area contributed by atoms with Crippen molar-refractivity contribution in [1.82, 2.24) is 10.2 Å². The largest absolute Gasteiger partial charge is 0.354 e. The first-order chi connectivity index (χ1) is 8.50. The molecule has 3 N–H and O–H groups in total. The monoisotopic (exact) mass is 255 g/mol. The van der Waals surface area contributed by atoms with Gasteiger partial charge in [0, 0.05) is 18.5 Å². The topological polar surface area (TPSA) is 58.4 Å². The molecule has 1 saturated carbocycles. The van der Waals surface area contributed by atoms with Gasteiger partial charge in [0.25, 0.3) is 0 Å². The minimum Gasteiger partial charge on any atom is -0.354 e. The number of carbonyl (C=O) groups excluding carboxylic acids is 1. The Morgan fingerprint density at radius 2 is 2.00 bits per heavy atom. The van der Waals surface area contributed by atoms with E-state index in [1.807, 2.05) is 0 Å². The standard InChI is InChI=1S/C14H29N3O/c1-12(10-15)6-7-13(18)16-11-14(17(2)3)8-4-5-9-14/h12H,4-11,15H2,1-3H3,(H,16,18). The number of hydrogen-bond donors (Lipinski definition) is 2. The molecule has 1 amide bonds. The minimum absolute atomic E-state index is 0.170. The highest BCUT2D eigenvalue weighted by Crippen LogP contribution is 2.33. The molecule has 0 aliphatic heterocycles. The van der Waals surface area contributed by atoms with E-state index >= 15 is 0 Å². The molecule has 1 atom stereocenters. The molecule has 4 nitrogen and oxygen atoms in total. The lowest BCUT2D eigenvalue weighted by atomic mass is 9.96. The van der Waals surface area contributed by atoms with Gasteiger partial charge in [0.15, 0.2) is 0 Å². The summed E-state index contributed by atoms with van der Waals surface area (Å²) in [5.74, 6) is 0.605. The van der Waals surface area contributed by atoms with Crippen LogP contribution in [-0.4, -0.2) is 43.5 Å². The van der Waals surface area contributed by atoms with Crippen molar-refractivity contribution in [2.75, 3.05) is 27.2 Å². The second-order valence-electron chi connectivity index (χ2n) is 5.98. The number of likely N-dealkylation sites (N-methyl/N-ethyl adjacent to an activating group) is 1. The van der Waals surface area contributed by atoms with Gasteiger partial charge in [-0.25, -0.2) is 0 Å². The molecule has 0 spiro atoms. The van der Waals surface area contributed by atoms with Crippen molar-refractivity contribution < 1.29 is 4.79 Å². The molecular formula is C14H29N3O. The molecule has 18 heavy (non-hydrogen) atoms. The van der Waals surface area contributed by atoms with Crippen LogP contribution in [0.4, 0.5) is 0 Å². The zero-order valence-corrected chi connectivity index (χ0v) is 12.2. The molecule has 0 aromatic heterocycles. The molecular weight excluding hydrogens is 226 g/mol. The van der Waals surface area contributed by atoms with E-state index in [0.29, 0.717) is 18.9 Å². The third kappa shape index (κ3) is 4.25. The molecule has 0 aromatic rings. The first-order valence-corrected chi connectivity index (χ1v) is 7.14. The number of hydrogen-bond acceptors (Lipinski definition) is 3. The van der Waals surface area contributed by atoms with Crippen LogP contribution in [-0.2, 0) is 4.79 Å². The third-order valence-corrected chi connectivity index (χ3v) is 4.36. The molecule has 1 unspecified atom stereocenters. The predicted molar refractivity (Wildman–Crippen MR) is 75.3 cm³/mol. The lowest BCUT2D eigenvalue weighted by Gasteiger charge is -2.36. The summed E-state index contributed by atoms with van der Waals surface area (Å²) >= 11 is 0. The summed E-state index contributed by atoms with van der Waals surface area (Å²) in [6, 6.07) is 0. The van der Waals surface area contributed by atoms with Gasteiger partial charge >= 0.3 is 0 Å². The van der Waals surface area contributed by atoms with Gasteiger partial charge < -0.3 is 16.0 Å². The maximum absolute atomic E-state index is 11.8. The molecule has 0 aromatic carbocycles. The molecule has 0 heterocycles. The van der Waals surface area contributed by atoms with Crippen molar-refractivity contribution in [2.45, 2.75) is 51.0 Å². The zero-order valence-electron chi connectivity index (χ0n) is 12.2. The minimum atomic E-state index is 0.170. The number of nitrogens with two attached hydrogens (primary N) is 1. The summed E-state index contributed by atoms with van der Waals surface area (Å²) in [5.41, 5.74) is 5.74. The van der Waals surface area contributed by atoms with Crippen molar-refractivity contribution in [3.05, 3.63) is 0 Å². The van der Waals surface area contributed by atoms with Crippen LogP contribution in [0.15, 0.2) is 0 Å². The Morgan fingerprint density at radius 3 is 2.50 bits per heavy atom. The third-order valence-electron chi connectivity index (χ3n) is 4.36. The van der Waals surface area contributed by atoms with E-state index in [4.69, 9.17) is 5.73 Å². The van der Waals surface area contributed by atoms with Crippen LogP contribution in [0.1, 0.15) is 45.4 Å². The van der Waals surface area contributed by atoms with Crippen LogP contribution in [0.5, 0.6) is 0 Å². The second kappa shape index (κ2) is 7.10. The summed E-state index contributed by atoms with van der Waals surface area (Å²) in [7, 11) is 4.24. The number of carbonyl (C=O) groups is 1. The summed E-state index contributed by atoms with van der Waals surface area (Å²) in [4.78, 5) is 14.1. The number of nitrogens with zero attached hydrogens (tertiary/aromatic N) is 1. The lowest BCUT2D eigenvalue weighted by molar-refractivity contribution is -0.121. The maximum Gasteiger partial charge on any atom is 0.220 e. The normalized spacial score (nSPS) is 20.1. The Bertz CT molecular complexity index is 260. The van der Waals surface area contributed by atoms with E-state index in [-0.39, 0.29) is 11.4 Å². The van der Waals surface area contributed by atoms with Crippen LogP contribution in [0.3, 0.4) is 0 Å². The van der Waals surface area contributed by atoms with Gasteiger partial charge in [-0.05, 0) is 45.8 Å². The Balaban J connectivity index is 2.32. The Morgan fingerprint density at radius 1 is 1.39 bits per heavy atom. The first kappa shape index (κ1) is 15.4. The summed E-state index contributed by atoms with van der Waals surface area (Å²) in [6.07, 6.45) is 6.43. The molecule has 0 bridgehead atoms. The maximum atomic E-state index is 11.8. The Hall–Kier alpha value is -0.610. The molecule has 1 aliphatic carbocycles. The van der Waals surface area contributed by atoms with E-state index in [9.17, 15) is 4.79 Å². The highest BCUT2D eigenvalue weighted by molar-refractivity contribution is 5.75. The fourth-order valence-electron chi connectivity index (χ4n) is 2.66. The Kier molecular flexibility index (Phi) is 6.09. The van der Waals surface area contributed by atoms with Crippen molar-refractivity contribution in [3.63, 3.8) is 0 Å². The summed E-state index contributed by atoms with van der Waals surface area (Å²) in [5, 5.41) is 3.10. The number of amides is 1. The van der Waals surface area contributed by atoms with Crippen molar-refractivity contribution in [2.24, 2.45) is 11.7 Å². The second-order valence-corrected chi connectivity index (χ2v) is 5.98. The molecule has 0 saturated heterocycles. The van der Waals surface area contributed by atoms with Crippen LogP contribution in [0.2, 0.25) is 0 Å². The lowest BCUT2D eigenvalue weighted by Crippen LogP contribution is -2.50. The van der Waals surface area contributed by atoms with Gasteiger partial charge in [-0.1, -0.05) is 19.8 Å². The average molecular weight is 255 g/mol. The van der Waals surface area contributed by atoms with E-state index < -0.39 is 0 Å². The van der Waals surface area contributed by atoms with Crippen molar-refractivity contribution >= 4 is 5.91 Å². The van der Waals surface area contributed by atoms with Gasteiger partial charge in [-0.15, -0.1) is 0 Å². The smallest absolute Gasteiger partial charge is 0.220 e. The van der Waals surface area contributed by atoms with Crippen LogP contribution in [0, 0.1) is 5.92 Å². The van der Waals surface area contributed by atoms with Gasteiger partial charge in [0.1, 0.15) is 0 Å². The van der Waals surface area contributed by atoms with Gasteiger partial charge in [-0.2, -0.15) is 0 Å². The van der Waals surface area contributed by atoms with Crippen LogP contribution in [0.25, 0.3) is 0 Å². The molecule has 1 rings (SSSR count). The zero-order chi connectivity index (χ0) is 13.6. The SMILES string of the molecule is CC(CN)CCC(=O)NCC1(N(C)C)CCCC1. The molecule has 4 heteroatoms. The predicted octanol–water partition coefficient (Wildman–Crippen LogP) is 1.35. The average Bonchev–Trinajstić information content (AvgIpc) is 2.83. The van der Waals surface area contributed by atoms with Crippen LogP contribution >= 0.6 is 0 Å². The van der Waals surface area contributed by atoms with E-state index in [1.54, 1.807) is 0 Å². The molecule has 106 valence electrons. The van der Waals surface area contributed by atoms with Gasteiger partial charge in [-0.3, -0.25) is 4.79 Å². The van der Waals surface area contributed by atoms with Crippen LogP contribution < -0.4 is 11.1 Å². The Labute approximate surface area is 111 Å². The molecule has 1 fully saturated rings. The quantitative estimate of drug-likeness (QED) is 0.722. The molecule has 0 radical (unpaired) electrons. The highest BCUT2D eigenvalue weighted by atomic mass is 16.1. The highest BCUT2D eigenvalue weighted by Gasteiger charge is 2.35. The van der Waals surface area contributed by atoms with E-state index in [0.717, 1.165) is 13.0 Å². The molecule has 1 aliphatic rings. The van der Waals surface area contributed by atoms with Crippen molar-refractivity contribution in [1.29, 1.82) is 0 Å². The summed E-state index contributed by atoms with van der Waals surface area (Å²) in [6.45, 7) is 3.54. The van der Waals surface area contributed by atoms with Gasteiger partial charge in [0.05, 0.1) is 0 Å². The van der Waals surface area contributed by atoms with E-state index in [2.05, 4.69) is 31.2 Å². The summed E-state index contributed by atoms with van der Waals surface area (Å²) < 4.78 is 0. The fraction of sp³-hybridized carbons (Fsp3) is 0.929. The van der Waals surface area contributed by atoms with E-state index in [1.165, 1.54) is 25.7 Å². The van der Waals surface area contributed by atoms with Gasteiger partial charge in [0.2, 0.25) is 5.91 Å².